The smallest absolute Gasteiger partial charge is 0.0611 e. The number of aryl methyl sites for hydroxylation is 1. The van der Waals surface area contributed by atoms with Crippen LogP contribution in [0.5, 0.6) is 0 Å². The van der Waals surface area contributed by atoms with E-state index in [1.807, 2.05) is 0 Å². The number of fused-ring (bicyclic) bond motifs is 1. The highest BCUT2D eigenvalue weighted by molar-refractivity contribution is 7.99. The van der Waals surface area contributed by atoms with Crippen LogP contribution in [0.15, 0.2) is 18.2 Å². The lowest BCUT2D eigenvalue weighted by Crippen LogP contribution is -2.40. The normalized spacial score (nSPS) is 29.9. The van der Waals surface area contributed by atoms with Crippen molar-refractivity contribution in [3.8, 4) is 0 Å². The van der Waals surface area contributed by atoms with Crippen LogP contribution >= 0.6 is 11.8 Å². The second kappa shape index (κ2) is 7.80. The highest BCUT2D eigenvalue weighted by Crippen LogP contribution is 2.40. The zero-order valence-corrected chi connectivity index (χ0v) is 16.1. The van der Waals surface area contributed by atoms with Crippen molar-refractivity contribution in [2.45, 2.75) is 63.8 Å². The predicted octanol–water partition coefficient (Wildman–Crippen LogP) is 4.14. The average molecular weight is 348 g/mol. The molecular weight excluding hydrogens is 314 g/mol. The summed E-state index contributed by atoms with van der Waals surface area (Å²) in [5, 5.41) is 9.49. The molecular formula is C21H33NOS. The lowest BCUT2D eigenvalue weighted by atomic mass is 9.82. The molecule has 0 aliphatic heterocycles. The fraction of sp³-hybridized carbons (Fsp3) is 0.714. The van der Waals surface area contributed by atoms with Gasteiger partial charge in [0, 0.05) is 5.54 Å². The topological polar surface area (TPSA) is 46.2 Å². The lowest BCUT2D eigenvalue weighted by Gasteiger charge is -2.26. The largest absolute Gasteiger partial charge is 0.394 e. The molecule has 2 aliphatic rings. The molecule has 1 aromatic rings. The van der Waals surface area contributed by atoms with Crippen molar-refractivity contribution in [2.24, 2.45) is 17.6 Å². The molecule has 3 atom stereocenters. The van der Waals surface area contributed by atoms with Crippen LogP contribution in [0.2, 0.25) is 0 Å². The minimum Gasteiger partial charge on any atom is -0.394 e. The number of nitrogens with two attached hydrogens (primary N) is 1. The third-order valence-corrected chi connectivity index (χ3v) is 7.40. The van der Waals surface area contributed by atoms with E-state index in [9.17, 15) is 5.11 Å². The first-order chi connectivity index (χ1) is 11.5. The lowest BCUT2D eigenvalue weighted by molar-refractivity contribution is 0.198. The van der Waals surface area contributed by atoms with Gasteiger partial charge in [0.15, 0.2) is 0 Å². The van der Waals surface area contributed by atoms with Crippen molar-refractivity contribution in [1.29, 1.82) is 0 Å². The van der Waals surface area contributed by atoms with Gasteiger partial charge in [0.2, 0.25) is 0 Å². The van der Waals surface area contributed by atoms with E-state index in [-0.39, 0.29) is 12.1 Å². The summed E-state index contributed by atoms with van der Waals surface area (Å²) >= 11 is 2.13. The number of rotatable bonds is 6. The molecule has 0 heterocycles. The minimum atomic E-state index is -0.348. The first-order valence-electron chi connectivity index (χ1n) is 9.58. The minimum absolute atomic E-state index is 0.115. The molecule has 2 nitrogen and oxygen atoms in total. The Labute approximate surface area is 151 Å². The molecule has 0 radical (unpaired) electrons. The summed E-state index contributed by atoms with van der Waals surface area (Å²) in [5.74, 6) is 4.79. The van der Waals surface area contributed by atoms with Gasteiger partial charge in [-0.3, -0.25) is 0 Å². The molecule has 0 unspecified atom stereocenters. The molecule has 3 heteroatoms. The van der Waals surface area contributed by atoms with E-state index in [1.54, 1.807) is 11.1 Å². The maximum Gasteiger partial charge on any atom is 0.0611 e. The van der Waals surface area contributed by atoms with Crippen molar-refractivity contribution in [1.82, 2.24) is 0 Å². The Hall–Kier alpha value is -0.510. The van der Waals surface area contributed by atoms with Crippen molar-refractivity contribution < 1.29 is 5.11 Å². The van der Waals surface area contributed by atoms with Gasteiger partial charge in [-0.15, -0.1) is 0 Å². The van der Waals surface area contributed by atoms with Crippen LogP contribution in [0.4, 0.5) is 0 Å². The van der Waals surface area contributed by atoms with Gasteiger partial charge in [0.05, 0.1) is 6.61 Å². The SMILES string of the molecule is CC(C)CSC[C@H]1CCc2cc([C@H]3CC[C@](N)(CO)C3)ccc2C1. The molecule has 1 saturated carbocycles. The van der Waals surface area contributed by atoms with Gasteiger partial charge in [-0.1, -0.05) is 32.0 Å². The molecule has 0 amide bonds. The Morgan fingerprint density at radius 2 is 2.12 bits per heavy atom. The Morgan fingerprint density at radius 3 is 2.83 bits per heavy atom. The molecule has 134 valence electrons. The second-order valence-corrected chi connectivity index (χ2v) is 9.60. The summed E-state index contributed by atoms with van der Waals surface area (Å²) in [5.41, 5.74) is 10.5. The van der Waals surface area contributed by atoms with Gasteiger partial charge in [-0.2, -0.15) is 11.8 Å². The van der Waals surface area contributed by atoms with Crippen LogP contribution in [-0.2, 0) is 12.8 Å². The van der Waals surface area contributed by atoms with E-state index in [1.165, 1.54) is 36.3 Å². The predicted molar refractivity (Wildman–Crippen MR) is 105 cm³/mol. The van der Waals surface area contributed by atoms with Crippen molar-refractivity contribution in [2.75, 3.05) is 18.1 Å². The highest BCUT2D eigenvalue weighted by atomic mass is 32.2. The van der Waals surface area contributed by atoms with Gasteiger partial charge < -0.3 is 10.8 Å². The monoisotopic (exact) mass is 347 g/mol. The van der Waals surface area contributed by atoms with Gasteiger partial charge in [-0.05, 0) is 84.5 Å². The average Bonchev–Trinajstić information content (AvgIpc) is 2.97. The molecule has 0 saturated heterocycles. The molecule has 0 aromatic heterocycles. The maximum absolute atomic E-state index is 9.49. The van der Waals surface area contributed by atoms with E-state index in [0.29, 0.717) is 5.92 Å². The second-order valence-electron chi connectivity index (χ2n) is 8.53. The van der Waals surface area contributed by atoms with Gasteiger partial charge in [0.25, 0.3) is 0 Å². The Morgan fingerprint density at radius 1 is 1.29 bits per heavy atom. The number of aliphatic hydroxyl groups excluding tert-OH is 1. The number of thioether (sulfide) groups is 1. The quantitative estimate of drug-likeness (QED) is 0.813. The van der Waals surface area contributed by atoms with Crippen molar-refractivity contribution in [3.05, 3.63) is 34.9 Å². The number of hydrogen-bond donors (Lipinski definition) is 2. The molecule has 3 N–H and O–H groups in total. The number of benzene rings is 1. The fourth-order valence-corrected chi connectivity index (χ4v) is 5.53. The maximum atomic E-state index is 9.49. The third kappa shape index (κ3) is 4.36. The van der Waals surface area contributed by atoms with Crippen LogP contribution in [0.3, 0.4) is 0 Å². The molecule has 0 bridgehead atoms. The summed E-state index contributed by atoms with van der Waals surface area (Å²) in [6.07, 6.45) is 6.81. The molecule has 1 fully saturated rings. The Kier molecular flexibility index (Phi) is 5.94. The van der Waals surface area contributed by atoms with Gasteiger partial charge in [0.1, 0.15) is 0 Å². The summed E-state index contributed by atoms with van der Waals surface area (Å²) in [4.78, 5) is 0. The molecule has 24 heavy (non-hydrogen) atoms. The highest BCUT2D eigenvalue weighted by Gasteiger charge is 2.36. The zero-order chi connectivity index (χ0) is 17.2. The first-order valence-corrected chi connectivity index (χ1v) is 10.7. The molecule has 2 aliphatic carbocycles. The molecule has 0 spiro atoms. The van der Waals surface area contributed by atoms with E-state index in [2.05, 4.69) is 43.8 Å². The van der Waals surface area contributed by atoms with E-state index in [4.69, 9.17) is 5.73 Å². The summed E-state index contributed by atoms with van der Waals surface area (Å²) in [7, 11) is 0. The van der Waals surface area contributed by atoms with Gasteiger partial charge in [-0.25, -0.2) is 0 Å². The van der Waals surface area contributed by atoms with Crippen LogP contribution in [0.25, 0.3) is 0 Å². The van der Waals surface area contributed by atoms with Crippen LogP contribution in [0, 0.1) is 11.8 Å². The van der Waals surface area contributed by atoms with E-state index >= 15 is 0 Å². The Balaban J connectivity index is 1.60. The summed E-state index contributed by atoms with van der Waals surface area (Å²) in [6, 6.07) is 7.15. The number of aliphatic hydroxyl groups is 1. The first kappa shape index (κ1) is 18.3. The molecule has 3 rings (SSSR count). The van der Waals surface area contributed by atoms with Gasteiger partial charge >= 0.3 is 0 Å². The van der Waals surface area contributed by atoms with Crippen molar-refractivity contribution in [3.63, 3.8) is 0 Å². The number of hydrogen-bond acceptors (Lipinski definition) is 3. The zero-order valence-electron chi connectivity index (χ0n) is 15.3. The van der Waals surface area contributed by atoms with Crippen LogP contribution in [0.1, 0.15) is 62.1 Å². The van der Waals surface area contributed by atoms with Crippen molar-refractivity contribution >= 4 is 11.8 Å². The Bertz CT molecular complexity index is 559. The standard InChI is InChI=1S/C21H33NOS/c1-15(2)12-24-13-16-3-4-18-10-19(6-5-17(18)9-16)20-7-8-21(22,11-20)14-23/h5-6,10,15-16,20,23H,3-4,7-9,11-14,22H2,1-2H3/t16-,20-,21+/m0/s1. The van der Waals surface area contributed by atoms with Crippen LogP contribution < -0.4 is 5.73 Å². The molecule has 1 aromatic carbocycles. The van der Waals surface area contributed by atoms with Crippen LogP contribution in [-0.4, -0.2) is 28.8 Å². The summed E-state index contributed by atoms with van der Waals surface area (Å²) in [6.45, 7) is 4.73. The fourth-order valence-electron chi connectivity index (χ4n) is 4.30. The third-order valence-electron chi connectivity index (χ3n) is 5.80. The van der Waals surface area contributed by atoms with E-state index < -0.39 is 0 Å². The summed E-state index contributed by atoms with van der Waals surface area (Å²) < 4.78 is 0. The van der Waals surface area contributed by atoms with E-state index in [0.717, 1.165) is 31.1 Å².